The zero-order valence-electron chi connectivity index (χ0n) is 8.17. The maximum absolute atomic E-state index is 9.84. The summed E-state index contributed by atoms with van der Waals surface area (Å²) in [4.78, 5) is 0. The quantitative estimate of drug-likeness (QED) is 0.580. The Morgan fingerprint density at radius 3 is 2.71 bits per heavy atom. The van der Waals surface area contributed by atoms with Gasteiger partial charge in [0.2, 0.25) is 0 Å². The molecule has 0 spiro atoms. The summed E-state index contributed by atoms with van der Waals surface area (Å²) >= 11 is 0. The van der Waals surface area contributed by atoms with Crippen molar-refractivity contribution in [3.8, 4) is 0 Å². The molecule has 0 saturated carbocycles. The largest absolute Gasteiger partial charge is 0.385 e. The predicted octanol–water partition coefficient (Wildman–Crippen LogP) is -0.378. The van der Waals surface area contributed by atoms with E-state index in [4.69, 9.17) is 18.9 Å². The third-order valence-corrected chi connectivity index (χ3v) is 2.88. The van der Waals surface area contributed by atoms with Gasteiger partial charge in [-0.1, -0.05) is 0 Å². The molecule has 3 fully saturated rings. The zero-order chi connectivity index (χ0) is 9.92. The Balaban J connectivity index is 1.88. The van der Waals surface area contributed by atoms with Crippen molar-refractivity contribution < 1.29 is 24.1 Å². The van der Waals surface area contributed by atoms with Gasteiger partial charge in [0, 0.05) is 0 Å². The van der Waals surface area contributed by atoms with E-state index in [1.54, 1.807) is 0 Å². The molecule has 3 heterocycles. The van der Waals surface area contributed by atoms with Crippen LogP contribution >= 0.6 is 0 Å². The SMILES string of the molecule is CC1(C)O[C@@H]2[C@H](O)[C@H]3OC[C@@H](O3)[C@H]2O1. The Labute approximate surface area is 81.9 Å². The second kappa shape index (κ2) is 2.68. The van der Waals surface area contributed by atoms with Crippen molar-refractivity contribution in [2.75, 3.05) is 6.61 Å². The Hall–Kier alpha value is -0.200. The van der Waals surface area contributed by atoms with Crippen molar-refractivity contribution in [2.24, 2.45) is 0 Å². The number of rotatable bonds is 0. The second-order valence-corrected chi connectivity index (χ2v) is 4.43. The van der Waals surface area contributed by atoms with Crippen LogP contribution in [-0.4, -0.2) is 48.2 Å². The second-order valence-electron chi connectivity index (χ2n) is 4.43. The number of ether oxygens (including phenoxy) is 4. The molecule has 14 heavy (non-hydrogen) atoms. The van der Waals surface area contributed by atoms with Crippen LogP contribution in [0, 0.1) is 0 Å². The summed E-state index contributed by atoms with van der Waals surface area (Å²) in [5.41, 5.74) is 0. The van der Waals surface area contributed by atoms with Crippen molar-refractivity contribution in [3.05, 3.63) is 0 Å². The number of hydrogen-bond donors (Lipinski definition) is 1. The summed E-state index contributed by atoms with van der Waals surface area (Å²) in [6.07, 6.45) is -1.93. The maximum Gasteiger partial charge on any atom is 0.186 e. The van der Waals surface area contributed by atoms with Crippen LogP contribution in [0.1, 0.15) is 13.8 Å². The van der Waals surface area contributed by atoms with E-state index in [0.29, 0.717) is 6.61 Å². The first-order chi connectivity index (χ1) is 6.57. The zero-order valence-corrected chi connectivity index (χ0v) is 8.17. The number of hydrogen-bond acceptors (Lipinski definition) is 5. The first-order valence-electron chi connectivity index (χ1n) is 4.88. The van der Waals surface area contributed by atoms with Crippen LogP contribution in [0.25, 0.3) is 0 Å². The van der Waals surface area contributed by atoms with Crippen molar-refractivity contribution in [3.63, 3.8) is 0 Å². The van der Waals surface area contributed by atoms with Crippen LogP contribution in [0.15, 0.2) is 0 Å². The van der Waals surface area contributed by atoms with Gasteiger partial charge in [-0.3, -0.25) is 0 Å². The van der Waals surface area contributed by atoms with Gasteiger partial charge in [0.25, 0.3) is 0 Å². The molecule has 3 rings (SSSR count). The predicted molar refractivity (Wildman–Crippen MR) is 44.4 cm³/mol. The number of aliphatic hydroxyl groups is 1. The van der Waals surface area contributed by atoms with Crippen LogP contribution in [0.2, 0.25) is 0 Å². The van der Waals surface area contributed by atoms with Gasteiger partial charge in [0.15, 0.2) is 12.1 Å². The fourth-order valence-electron chi connectivity index (χ4n) is 2.32. The van der Waals surface area contributed by atoms with Gasteiger partial charge in [0.05, 0.1) is 6.61 Å². The van der Waals surface area contributed by atoms with Crippen LogP contribution in [0.3, 0.4) is 0 Å². The lowest BCUT2D eigenvalue weighted by Crippen LogP contribution is -2.52. The molecule has 80 valence electrons. The molecule has 5 nitrogen and oxygen atoms in total. The van der Waals surface area contributed by atoms with Gasteiger partial charge < -0.3 is 24.1 Å². The van der Waals surface area contributed by atoms with Crippen molar-refractivity contribution in [1.82, 2.24) is 0 Å². The van der Waals surface area contributed by atoms with Gasteiger partial charge in [-0.05, 0) is 13.8 Å². The molecule has 0 radical (unpaired) electrons. The molecule has 1 N–H and O–H groups in total. The normalized spacial score (nSPS) is 54.6. The fourth-order valence-corrected chi connectivity index (χ4v) is 2.32. The highest BCUT2D eigenvalue weighted by Crippen LogP contribution is 2.40. The van der Waals surface area contributed by atoms with Gasteiger partial charge >= 0.3 is 0 Å². The van der Waals surface area contributed by atoms with Gasteiger partial charge in [-0.2, -0.15) is 0 Å². The average molecular weight is 202 g/mol. The summed E-state index contributed by atoms with van der Waals surface area (Å²) in [7, 11) is 0. The average Bonchev–Trinajstić information content (AvgIpc) is 2.64. The molecule has 3 saturated heterocycles. The van der Waals surface area contributed by atoms with E-state index < -0.39 is 18.2 Å². The lowest BCUT2D eigenvalue weighted by molar-refractivity contribution is -0.204. The Bertz CT molecular complexity index is 246. The molecule has 3 aliphatic rings. The topological polar surface area (TPSA) is 57.2 Å². The van der Waals surface area contributed by atoms with Gasteiger partial charge in [-0.25, -0.2) is 0 Å². The molecule has 0 aromatic rings. The Morgan fingerprint density at radius 1 is 1.21 bits per heavy atom. The monoisotopic (exact) mass is 202 g/mol. The highest BCUT2D eigenvalue weighted by Gasteiger charge is 2.57. The van der Waals surface area contributed by atoms with Crippen molar-refractivity contribution in [2.45, 2.75) is 50.3 Å². The summed E-state index contributed by atoms with van der Waals surface area (Å²) in [6.45, 7) is 4.15. The third-order valence-electron chi connectivity index (χ3n) is 2.88. The van der Waals surface area contributed by atoms with Crippen molar-refractivity contribution >= 4 is 0 Å². The first kappa shape index (κ1) is 9.06. The fraction of sp³-hybridized carbons (Fsp3) is 1.00. The smallest absolute Gasteiger partial charge is 0.186 e. The third kappa shape index (κ3) is 1.14. The van der Waals surface area contributed by atoms with E-state index in [9.17, 15) is 5.11 Å². The minimum absolute atomic E-state index is 0.102. The molecule has 0 aliphatic carbocycles. The molecule has 2 bridgehead atoms. The summed E-state index contributed by atoms with van der Waals surface area (Å²) in [5, 5.41) is 9.84. The van der Waals surface area contributed by atoms with E-state index in [1.165, 1.54) is 0 Å². The van der Waals surface area contributed by atoms with Crippen LogP contribution < -0.4 is 0 Å². The summed E-state index contributed by atoms with van der Waals surface area (Å²) < 4.78 is 22.0. The lowest BCUT2D eigenvalue weighted by Gasteiger charge is -2.31. The maximum atomic E-state index is 9.84. The highest BCUT2D eigenvalue weighted by atomic mass is 16.8. The summed E-state index contributed by atoms with van der Waals surface area (Å²) in [5.74, 6) is -0.635. The van der Waals surface area contributed by atoms with Crippen molar-refractivity contribution in [1.29, 1.82) is 0 Å². The number of fused-ring (bicyclic) bond motifs is 4. The van der Waals surface area contributed by atoms with E-state index in [-0.39, 0.29) is 18.3 Å². The van der Waals surface area contributed by atoms with Crippen LogP contribution in [0.4, 0.5) is 0 Å². The first-order valence-corrected chi connectivity index (χ1v) is 4.88. The molecule has 0 unspecified atom stereocenters. The standard InChI is InChI=1S/C9H14O5/c1-9(2)13-6-4-3-11-8(12-4)5(10)7(6)14-9/h4-8,10H,3H2,1-2H3/t4-,5+,6-,7-,8+/m1/s1. The van der Waals surface area contributed by atoms with E-state index >= 15 is 0 Å². The lowest BCUT2D eigenvalue weighted by atomic mass is 10.0. The van der Waals surface area contributed by atoms with E-state index in [1.807, 2.05) is 13.8 Å². The minimum atomic E-state index is -0.750. The van der Waals surface area contributed by atoms with Gasteiger partial charge in [0.1, 0.15) is 24.4 Å². The number of aliphatic hydroxyl groups excluding tert-OH is 1. The summed E-state index contributed by atoms with van der Waals surface area (Å²) in [6, 6.07) is 0. The molecular formula is C9H14O5. The van der Waals surface area contributed by atoms with Gasteiger partial charge in [-0.15, -0.1) is 0 Å². The molecular weight excluding hydrogens is 188 g/mol. The van der Waals surface area contributed by atoms with Crippen LogP contribution in [-0.2, 0) is 18.9 Å². The molecule has 0 aromatic heterocycles. The van der Waals surface area contributed by atoms with Crippen LogP contribution in [0.5, 0.6) is 0 Å². The molecule has 5 atom stereocenters. The molecule has 0 aromatic carbocycles. The minimum Gasteiger partial charge on any atom is -0.385 e. The Morgan fingerprint density at radius 2 is 1.93 bits per heavy atom. The molecule has 0 amide bonds. The molecule has 5 heteroatoms. The molecule has 3 aliphatic heterocycles. The van der Waals surface area contributed by atoms with E-state index in [2.05, 4.69) is 0 Å². The van der Waals surface area contributed by atoms with E-state index in [0.717, 1.165) is 0 Å². The highest BCUT2D eigenvalue weighted by molar-refractivity contribution is 4.99. The Kier molecular flexibility index (Phi) is 1.73.